The van der Waals surface area contributed by atoms with Gasteiger partial charge in [-0.2, -0.15) is 0 Å². The number of benzene rings is 4. The highest BCUT2D eigenvalue weighted by molar-refractivity contribution is 7.92. The first kappa shape index (κ1) is 34.0. The average Bonchev–Trinajstić information content (AvgIpc) is 3.04. The van der Waals surface area contributed by atoms with Crippen molar-refractivity contribution in [1.29, 1.82) is 0 Å². The fraction of sp³-hybridized carbons (Fsp3) is 0.235. The van der Waals surface area contributed by atoms with Crippen LogP contribution in [0.2, 0.25) is 10.0 Å². The lowest BCUT2D eigenvalue weighted by Crippen LogP contribution is -2.54. The Morgan fingerprint density at radius 2 is 1.47 bits per heavy atom. The van der Waals surface area contributed by atoms with Crippen molar-refractivity contribution >= 4 is 50.7 Å². The molecule has 4 rings (SSSR count). The summed E-state index contributed by atoms with van der Waals surface area (Å²) in [6.45, 7) is 3.01. The zero-order chi connectivity index (χ0) is 32.6. The van der Waals surface area contributed by atoms with Gasteiger partial charge in [-0.3, -0.25) is 13.9 Å². The van der Waals surface area contributed by atoms with E-state index in [1.54, 1.807) is 18.2 Å². The lowest BCUT2D eigenvalue weighted by Gasteiger charge is -2.34. The summed E-state index contributed by atoms with van der Waals surface area (Å²) in [5.41, 5.74) is 1.36. The molecule has 11 heteroatoms. The highest BCUT2D eigenvalue weighted by Gasteiger charge is 2.35. The molecule has 0 saturated heterocycles. The predicted molar refractivity (Wildman–Crippen MR) is 176 cm³/mol. The van der Waals surface area contributed by atoms with Gasteiger partial charge in [0.2, 0.25) is 11.8 Å². The number of rotatable bonds is 13. The number of hydrogen-bond acceptors (Lipinski definition) is 4. The molecule has 0 heterocycles. The Labute approximate surface area is 273 Å². The van der Waals surface area contributed by atoms with Crippen LogP contribution in [0.1, 0.15) is 31.4 Å². The first-order valence-corrected chi connectivity index (χ1v) is 16.6. The Morgan fingerprint density at radius 3 is 2.09 bits per heavy atom. The maximum absolute atomic E-state index is 14.5. The number of halogens is 3. The third-order valence-corrected chi connectivity index (χ3v) is 9.93. The van der Waals surface area contributed by atoms with Gasteiger partial charge in [-0.15, -0.1) is 0 Å². The lowest BCUT2D eigenvalue weighted by atomic mass is 10.0. The molecular formula is C34H34Cl2FN3O4S. The van der Waals surface area contributed by atoms with E-state index < -0.39 is 40.2 Å². The van der Waals surface area contributed by atoms with Gasteiger partial charge < -0.3 is 10.2 Å². The van der Waals surface area contributed by atoms with E-state index in [0.717, 1.165) is 9.87 Å². The molecule has 4 aromatic rings. The van der Waals surface area contributed by atoms with Gasteiger partial charge in [0.25, 0.3) is 10.0 Å². The number of amides is 2. The van der Waals surface area contributed by atoms with E-state index in [0.29, 0.717) is 12.0 Å². The minimum absolute atomic E-state index is 0.00627. The van der Waals surface area contributed by atoms with Crippen molar-refractivity contribution < 1.29 is 22.4 Å². The van der Waals surface area contributed by atoms with Crippen LogP contribution in [0.5, 0.6) is 0 Å². The number of carbonyl (C=O) groups is 2. The van der Waals surface area contributed by atoms with Gasteiger partial charge >= 0.3 is 0 Å². The molecule has 0 aliphatic heterocycles. The highest BCUT2D eigenvalue weighted by Crippen LogP contribution is 2.35. The number of sulfonamides is 1. The summed E-state index contributed by atoms with van der Waals surface area (Å²) in [7, 11) is -4.34. The van der Waals surface area contributed by atoms with Crippen LogP contribution in [0, 0.1) is 5.82 Å². The Morgan fingerprint density at radius 1 is 0.844 bits per heavy atom. The fourth-order valence-electron chi connectivity index (χ4n) is 4.70. The summed E-state index contributed by atoms with van der Waals surface area (Å²) in [4.78, 5) is 29.6. The Bertz CT molecular complexity index is 1710. The van der Waals surface area contributed by atoms with Gasteiger partial charge in [-0.05, 0) is 60.9 Å². The van der Waals surface area contributed by atoms with Gasteiger partial charge in [0.15, 0.2) is 0 Å². The minimum Gasteiger partial charge on any atom is -0.352 e. The van der Waals surface area contributed by atoms with Gasteiger partial charge in [0.05, 0.1) is 20.6 Å². The molecule has 0 aliphatic rings. The van der Waals surface area contributed by atoms with Crippen LogP contribution in [-0.4, -0.2) is 43.8 Å². The van der Waals surface area contributed by atoms with Gasteiger partial charge in [0, 0.05) is 19.0 Å². The Kier molecular flexibility index (Phi) is 11.6. The van der Waals surface area contributed by atoms with Crippen LogP contribution < -0.4 is 9.62 Å². The number of carbonyl (C=O) groups excluding carboxylic acids is 2. The van der Waals surface area contributed by atoms with Crippen LogP contribution in [0.3, 0.4) is 0 Å². The summed E-state index contributed by atoms with van der Waals surface area (Å²) in [6, 6.07) is 25.7. The third-order valence-electron chi connectivity index (χ3n) is 7.35. The van der Waals surface area contributed by atoms with Gasteiger partial charge in [-0.1, -0.05) is 96.9 Å². The predicted octanol–water partition coefficient (Wildman–Crippen LogP) is 6.88. The lowest BCUT2D eigenvalue weighted by molar-refractivity contribution is -0.140. The summed E-state index contributed by atoms with van der Waals surface area (Å²) < 4.78 is 42.8. The first-order valence-electron chi connectivity index (χ1n) is 14.4. The van der Waals surface area contributed by atoms with E-state index in [2.05, 4.69) is 5.32 Å². The van der Waals surface area contributed by atoms with Crippen molar-refractivity contribution in [3.8, 4) is 0 Å². The highest BCUT2D eigenvalue weighted by atomic mass is 35.5. The van der Waals surface area contributed by atoms with Crippen molar-refractivity contribution in [2.45, 2.75) is 50.2 Å². The van der Waals surface area contributed by atoms with Crippen molar-refractivity contribution in [2.75, 3.05) is 10.8 Å². The molecule has 0 aliphatic carbocycles. The molecule has 1 N–H and O–H groups in total. The van der Waals surface area contributed by atoms with Gasteiger partial charge in [-0.25, -0.2) is 12.8 Å². The minimum atomic E-state index is -4.34. The smallest absolute Gasteiger partial charge is 0.264 e. The molecule has 0 radical (unpaired) electrons. The van der Waals surface area contributed by atoms with Crippen LogP contribution in [-0.2, 0) is 32.6 Å². The molecule has 0 spiro atoms. The van der Waals surface area contributed by atoms with Crippen molar-refractivity contribution in [1.82, 2.24) is 10.2 Å². The van der Waals surface area contributed by atoms with Crippen LogP contribution in [0.4, 0.5) is 10.1 Å². The normalized spacial score (nSPS) is 12.6. The number of hydrogen-bond donors (Lipinski definition) is 1. The molecule has 2 amide bonds. The molecule has 2 unspecified atom stereocenters. The molecule has 0 saturated carbocycles. The third kappa shape index (κ3) is 8.63. The quantitative estimate of drug-likeness (QED) is 0.168. The molecule has 0 aromatic heterocycles. The molecule has 2 atom stereocenters. The molecule has 0 fully saturated rings. The van der Waals surface area contributed by atoms with Crippen LogP contribution >= 0.6 is 23.2 Å². The number of nitrogens with one attached hydrogen (secondary N) is 1. The van der Waals surface area contributed by atoms with E-state index in [-0.39, 0.29) is 39.6 Å². The maximum atomic E-state index is 14.5. The van der Waals surface area contributed by atoms with Gasteiger partial charge in [0.1, 0.15) is 18.4 Å². The number of anilines is 1. The number of nitrogens with zero attached hydrogens (tertiary/aromatic N) is 2. The SMILES string of the molecule is CCC(C)NC(=O)C(Cc1ccccc1)N(Cc1ccc(F)cc1)C(=O)CN(c1cccc(Cl)c1Cl)S(=O)(=O)c1ccccc1. The largest absolute Gasteiger partial charge is 0.352 e. The summed E-state index contributed by atoms with van der Waals surface area (Å²) in [5.74, 6) is -1.53. The molecule has 45 heavy (non-hydrogen) atoms. The second-order valence-electron chi connectivity index (χ2n) is 10.6. The van der Waals surface area contributed by atoms with Crippen LogP contribution in [0.15, 0.2) is 108 Å². The molecule has 0 bridgehead atoms. The standard InChI is InChI=1S/C34H34Cl2FN3O4S/c1-3-24(2)38-34(42)31(21-25-11-6-4-7-12-25)39(22-26-17-19-27(37)20-18-26)32(41)23-40(30-16-10-15-29(35)33(30)36)45(43,44)28-13-8-5-9-14-28/h4-20,24,31H,3,21-23H2,1-2H3,(H,38,42). The molecule has 236 valence electrons. The van der Waals surface area contributed by atoms with E-state index in [4.69, 9.17) is 23.2 Å². The summed E-state index contributed by atoms with van der Waals surface area (Å²) >= 11 is 12.8. The second-order valence-corrected chi connectivity index (χ2v) is 13.2. The van der Waals surface area contributed by atoms with Crippen molar-refractivity contribution in [2.24, 2.45) is 0 Å². The second kappa shape index (κ2) is 15.4. The first-order chi connectivity index (χ1) is 21.5. The molecule has 4 aromatic carbocycles. The zero-order valence-electron chi connectivity index (χ0n) is 24.9. The van der Waals surface area contributed by atoms with E-state index in [1.807, 2.05) is 44.2 Å². The molecular weight excluding hydrogens is 636 g/mol. The summed E-state index contributed by atoms with van der Waals surface area (Å²) in [5, 5.41) is 3.03. The van der Waals surface area contributed by atoms with E-state index >= 15 is 0 Å². The topological polar surface area (TPSA) is 86.8 Å². The van der Waals surface area contributed by atoms with Crippen molar-refractivity contribution in [3.05, 3.63) is 130 Å². The zero-order valence-corrected chi connectivity index (χ0v) is 27.2. The Hall–Kier alpha value is -3.92. The van der Waals surface area contributed by atoms with E-state index in [1.165, 1.54) is 59.5 Å². The van der Waals surface area contributed by atoms with Crippen LogP contribution in [0.25, 0.3) is 0 Å². The average molecular weight is 671 g/mol. The Balaban J connectivity index is 1.83. The summed E-state index contributed by atoms with van der Waals surface area (Å²) in [6.07, 6.45) is 0.811. The fourth-order valence-corrected chi connectivity index (χ4v) is 6.59. The van der Waals surface area contributed by atoms with Crippen molar-refractivity contribution in [3.63, 3.8) is 0 Å². The monoisotopic (exact) mass is 669 g/mol. The molecule has 7 nitrogen and oxygen atoms in total. The van der Waals surface area contributed by atoms with E-state index in [9.17, 15) is 22.4 Å². The maximum Gasteiger partial charge on any atom is 0.264 e.